The average Bonchev–Trinajstić information content (AvgIpc) is 3.12. The van der Waals surface area contributed by atoms with Gasteiger partial charge in [0.05, 0.1) is 18.4 Å². The number of hydrogen-bond donors (Lipinski definition) is 0. The molecule has 192 valence electrons. The minimum Gasteiger partial charge on any atom is -0.464 e. The van der Waals surface area contributed by atoms with Crippen LogP contribution in [0.4, 0.5) is 13.2 Å². The number of fused-ring (bicyclic) bond motifs is 1. The highest BCUT2D eigenvalue weighted by Crippen LogP contribution is 2.30. The Balaban J connectivity index is 1.17. The van der Waals surface area contributed by atoms with Gasteiger partial charge in [0.15, 0.2) is 12.4 Å². The van der Waals surface area contributed by atoms with Crippen molar-refractivity contribution in [1.29, 1.82) is 0 Å². The van der Waals surface area contributed by atoms with Gasteiger partial charge in [-0.3, -0.25) is 4.79 Å². The molecular weight excluding hydrogens is 477 g/mol. The normalized spacial score (nSPS) is 21.4. The van der Waals surface area contributed by atoms with Crippen molar-refractivity contribution in [2.45, 2.75) is 64.4 Å². The molecule has 3 heterocycles. The van der Waals surface area contributed by atoms with Crippen LogP contribution in [0.1, 0.15) is 59.1 Å². The second-order valence-corrected chi connectivity index (χ2v) is 10.8. The highest BCUT2D eigenvalue weighted by molar-refractivity contribution is 7.13. The Bertz CT molecular complexity index is 990. The van der Waals surface area contributed by atoms with E-state index in [1.54, 1.807) is 19.1 Å². The molecule has 0 radical (unpaired) electrons. The van der Waals surface area contributed by atoms with E-state index in [9.17, 15) is 18.0 Å². The van der Waals surface area contributed by atoms with Crippen molar-refractivity contribution in [2.75, 3.05) is 32.8 Å². The van der Waals surface area contributed by atoms with Crippen molar-refractivity contribution in [3.63, 3.8) is 0 Å². The maximum atomic E-state index is 13.8. The second kappa shape index (κ2) is 11.4. The predicted molar refractivity (Wildman–Crippen MR) is 129 cm³/mol. The Kier molecular flexibility index (Phi) is 8.50. The molecule has 0 N–H and O–H groups in total. The standard InChI is InChI=1S/C26H33F3N2O3S/c1-17-20(4-3-5-21(17)27)23(32)14-18-6-7-19(33-15-18)8-11-31-12-9-22-24(10-13-31)35-25(30-22)34-16-26(2,28)29/h3-5,18-19H,6-16H2,1-2H3/t18-,19-/m1/s1. The highest BCUT2D eigenvalue weighted by atomic mass is 32.1. The highest BCUT2D eigenvalue weighted by Gasteiger charge is 2.27. The molecule has 2 atom stereocenters. The van der Waals surface area contributed by atoms with Crippen LogP contribution in [0.15, 0.2) is 18.2 Å². The monoisotopic (exact) mass is 510 g/mol. The number of halogens is 3. The third-order valence-electron chi connectivity index (χ3n) is 6.80. The van der Waals surface area contributed by atoms with E-state index in [1.165, 1.54) is 17.4 Å². The topological polar surface area (TPSA) is 51.7 Å². The van der Waals surface area contributed by atoms with Gasteiger partial charge in [0, 0.05) is 49.8 Å². The summed E-state index contributed by atoms with van der Waals surface area (Å²) in [6, 6.07) is 4.66. The van der Waals surface area contributed by atoms with Crippen LogP contribution in [0.3, 0.4) is 0 Å². The first-order valence-corrected chi connectivity index (χ1v) is 13.1. The summed E-state index contributed by atoms with van der Waals surface area (Å²) >= 11 is 1.38. The number of hydrogen-bond acceptors (Lipinski definition) is 6. The van der Waals surface area contributed by atoms with Gasteiger partial charge in [-0.05, 0) is 50.2 Å². The van der Waals surface area contributed by atoms with Gasteiger partial charge in [0.2, 0.25) is 0 Å². The Labute approximate surface area is 208 Å². The van der Waals surface area contributed by atoms with Gasteiger partial charge in [-0.1, -0.05) is 23.5 Å². The number of alkyl halides is 2. The lowest BCUT2D eigenvalue weighted by Crippen LogP contribution is -2.33. The first kappa shape index (κ1) is 26.1. The van der Waals surface area contributed by atoms with E-state index in [0.717, 1.165) is 69.2 Å². The van der Waals surface area contributed by atoms with Crippen molar-refractivity contribution in [2.24, 2.45) is 5.92 Å². The van der Waals surface area contributed by atoms with Crippen molar-refractivity contribution in [3.05, 3.63) is 45.7 Å². The van der Waals surface area contributed by atoms with Gasteiger partial charge in [0.25, 0.3) is 11.1 Å². The zero-order valence-corrected chi connectivity index (χ0v) is 21.1. The van der Waals surface area contributed by atoms with Crippen molar-refractivity contribution in [1.82, 2.24) is 9.88 Å². The van der Waals surface area contributed by atoms with Gasteiger partial charge in [-0.15, -0.1) is 0 Å². The predicted octanol–water partition coefficient (Wildman–Crippen LogP) is 5.48. The molecule has 0 aliphatic carbocycles. The summed E-state index contributed by atoms with van der Waals surface area (Å²) in [6.07, 6.45) is 4.99. The maximum Gasteiger partial charge on any atom is 0.278 e. The lowest BCUT2D eigenvalue weighted by Gasteiger charge is -2.30. The van der Waals surface area contributed by atoms with Crippen LogP contribution in [0, 0.1) is 18.7 Å². The van der Waals surface area contributed by atoms with Gasteiger partial charge in [-0.25, -0.2) is 18.2 Å². The number of nitrogens with zero attached hydrogens (tertiary/aromatic N) is 2. The molecule has 2 aliphatic heterocycles. The van der Waals surface area contributed by atoms with E-state index >= 15 is 0 Å². The SMILES string of the molecule is Cc1c(F)cccc1C(=O)C[C@H]1CC[C@H](CCN2CCc3nc(OCC(C)(F)F)sc3CC2)OC1. The number of benzene rings is 1. The number of ether oxygens (including phenoxy) is 2. The van der Waals surface area contributed by atoms with Crippen molar-refractivity contribution < 1.29 is 27.4 Å². The molecule has 4 rings (SSSR count). The molecule has 1 aromatic carbocycles. The molecule has 0 saturated carbocycles. The van der Waals surface area contributed by atoms with Crippen LogP contribution in [-0.2, 0) is 17.6 Å². The van der Waals surface area contributed by atoms with E-state index in [2.05, 4.69) is 9.88 Å². The number of rotatable bonds is 9. The number of aromatic nitrogens is 1. The molecule has 0 amide bonds. The minimum atomic E-state index is -2.86. The smallest absolute Gasteiger partial charge is 0.278 e. The van der Waals surface area contributed by atoms with E-state index in [-0.39, 0.29) is 23.6 Å². The Morgan fingerprint density at radius 2 is 2.09 bits per heavy atom. The molecule has 1 aromatic heterocycles. The zero-order valence-electron chi connectivity index (χ0n) is 20.3. The molecule has 0 spiro atoms. The summed E-state index contributed by atoms with van der Waals surface area (Å²) in [5.74, 6) is -3.05. The molecule has 9 heteroatoms. The van der Waals surface area contributed by atoms with Gasteiger partial charge >= 0.3 is 0 Å². The Hall–Kier alpha value is -1.97. The van der Waals surface area contributed by atoms with Crippen LogP contribution in [0.25, 0.3) is 0 Å². The van der Waals surface area contributed by atoms with E-state index in [1.807, 2.05) is 0 Å². The molecule has 35 heavy (non-hydrogen) atoms. The van der Waals surface area contributed by atoms with E-state index in [0.29, 0.717) is 29.3 Å². The average molecular weight is 511 g/mol. The summed E-state index contributed by atoms with van der Waals surface area (Å²) in [5, 5.41) is 0.334. The third-order valence-corrected chi connectivity index (χ3v) is 7.87. The van der Waals surface area contributed by atoms with E-state index in [4.69, 9.17) is 9.47 Å². The summed E-state index contributed by atoms with van der Waals surface area (Å²) in [6.45, 7) is 5.10. The van der Waals surface area contributed by atoms with Crippen molar-refractivity contribution in [3.8, 4) is 5.19 Å². The number of carbonyl (C=O) groups is 1. The number of ketones is 1. The van der Waals surface area contributed by atoms with Crippen LogP contribution in [0.5, 0.6) is 5.19 Å². The zero-order chi connectivity index (χ0) is 25.0. The van der Waals surface area contributed by atoms with Crippen LogP contribution >= 0.6 is 11.3 Å². The molecule has 5 nitrogen and oxygen atoms in total. The van der Waals surface area contributed by atoms with Crippen LogP contribution < -0.4 is 4.74 Å². The quantitative estimate of drug-likeness (QED) is 0.418. The molecule has 2 aliphatic rings. The second-order valence-electron chi connectivity index (χ2n) is 9.78. The van der Waals surface area contributed by atoms with Gasteiger partial charge < -0.3 is 14.4 Å². The fourth-order valence-electron chi connectivity index (χ4n) is 4.72. The first-order valence-electron chi connectivity index (χ1n) is 12.3. The Morgan fingerprint density at radius 1 is 1.29 bits per heavy atom. The van der Waals surface area contributed by atoms with E-state index < -0.39 is 12.5 Å². The van der Waals surface area contributed by atoms with Crippen molar-refractivity contribution >= 4 is 17.1 Å². The molecular formula is C26H33F3N2O3S. The van der Waals surface area contributed by atoms with Crippen LogP contribution in [0.2, 0.25) is 0 Å². The van der Waals surface area contributed by atoms with Crippen LogP contribution in [-0.4, -0.2) is 60.5 Å². The molecule has 0 bridgehead atoms. The fraction of sp³-hybridized carbons (Fsp3) is 0.615. The summed E-state index contributed by atoms with van der Waals surface area (Å²) < 4.78 is 51.1. The Morgan fingerprint density at radius 3 is 2.83 bits per heavy atom. The largest absolute Gasteiger partial charge is 0.464 e. The number of carbonyl (C=O) groups excluding carboxylic acids is 1. The molecule has 2 aromatic rings. The fourth-order valence-corrected chi connectivity index (χ4v) is 5.66. The number of Topliss-reactive ketones (excluding diaryl/α,β-unsaturated/α-hetero) is 1. The molecule has 0 unspecified atom stereocenters. The summed E-state index contributed by atoms with van der Waals surface area (Å²) in [7, 11) is 0. The van der Waals surface area contributed by atoms with Gasteiger partial charge in [-0.2, -0.15) is 0 Å². The molecule has 1 saturated heterocycles. The first-order chi connectivity index (χ1) is 16.7. The number of thiazole rings is 1. The lowest BCUT2D eigenvalue weighted by molar-refractivity contribution is -0.0242. The van der Waals surface area contributed by atoms with Gasteiger partial charge in [0.1, 0.15) is 5.82 Å². The third kappa shape index (κ3) is 7.27. The minimum absolute atomic E-state index is 0.0170. The maximum absolute atomic E-state index is 13.8. The summed E-state index contributed by atoms with van der Waals surface area (Å²) in [5.41, 5.74) is 1.85. The lowest BCUT2D eigenvalue weighted by atomic mass is 9.90. The molecule has 1 fully saturated rings. The summed E-state index contributed by atoms with van der Waals surface area (Å²) in [4.78, 5) is 20.6.